The van der Waals surface area contributed by atoms with Crippen LogP contribution in [0.2, 0.25) is 5.02 Å². The molecule has 0 saturated heterocycles. The summed E-state index contributed by atoms with van der Waals surface area (Å²) >= 11 is 7.79. The average Bonchev–Trinajstić information content (AvgIpc) is 2.89. The first-order valence-electron chi connectivity index (χ1n) is 7.45. The van der Waals surface area contributed by atoms with Gasteiger partial charge in [-0.3, -0.25) is 9.36 Å². The van der Waals surface area contributed by atoms with E-state index in [-0.39, 0.29) is 5.97 Å². The first kappa shape index (κ1) is 18.7. The van der Waals surface area contributed by atoms with Gasteiger partial charge in [0.2, 0.25) is 0 Å². The highest BCUT2D eigenvalue weighted by atomic mass is 35.5. The van der Waals surface area contributed by atoms with Crippen LogP contribution in [0.4, 0.5) is 4.79 Å². The summed E-state index contributed by atoms with van der Waals surface area (Å²) in [6.45, 7) is 5.45. The van der Waals surface area contributed by atoms with E-state index < -0.39 is 11.7 Å². The molecule has 0 amide bonds. The van der Waals surface area contributed by atoms with Gasteiger partial charge in [0.1, 0.15) is 5.60 Å². The average molecular weight is 370 g/mol. The number of methoxy groups -OCH3 is 1. The summed E-state index contributed by atoms with van der Waals surface area (Å²) in [6.07, 6.45) is 1.50. The van der Waals surface area contributed by atoms with E-state index in [0.29, 0.717) is 22.7 Å². The van der Waals surface area contributed by atoms with E-state index in [1.165, 1.54) is 23.4 Å². The zero-order valence-electron chi connectivity index (χ0n) is 14.1. The SMILES string of the molecule is COC(=O)CCSc1cc(Cl)c2ccn(C(=O)OC(C)(C)C)c2c1. The lowest BCUT2D eigenvalue weighted by atomic mass is 10.2. The lowest BCUT2D eigenvalue weighted by Gasteiger charge is -2.19. The maximum Gasteiger partial charge on any atom is 0.418 e. The number of halogens is 1. The summed E-state index contributed by atoms with van der Waals surface area (Å²) in [5.41, 5.74) is 0.0991. The summed E-state index contributed by atoms with van der Waals surface area (Å²) in [5.74, 6) is 0.313. The predicted molar refractivity (Wildman–Crippen MR) is 95.9 cm³/mol. The first-order chi connectivity index (χ1) is 11.2. The summed E-state index contributed by atoms with van der Waals surface area (Å²) in [5, 5.41) is 1.33. The number of esters is 1. The van der Waals surface area contributed by atoms with Crippen LogP contribution in [0.3, 0.4) is 0 Å². The molecular weight excluding hydrogens is 350 g/mol. The standard InChI is InChI=1S/C17H20ClNO4S/c1-17(2,3)23-16(21)19-7-5-12-13(18)9-11(10-14(12)19)24-8-6-15(20)22-4/h5,7,9-10H,6,8H2,1-4H3. The molecule has 0 aliphatic carbocycles. The third-order valence-electron chi connectivity index (χ3n) is 3.12. The molecule has 5 nitrogen and oxygen atoms in total. The third kappa shape index (κ3) is 4.68. The van der Waals surface area contributed by atoms with Gasteiger partial charge < -0.3 is 9.47 Å². The molecule has 24 heavy (non-hydrogen) atoms. The summed E-state index contributed by atoms with van der Waals surface area (Å²) in [6, 6.07) is 5.48. The van der Waals surface area contributed by atoms with Gasteiger partial charge in [-0.15, -0.1) is 11.8 Å². The second-order valence-corrected chi connectivity index (χ2v) is 7.75. The van der Waals surface area contributed by atoms with Gasteiger partial charge in [0.05, 0.1) is 24.1 Å². The number of hydrogen-bond acceptors (Lipinski definition) is 5. The number of carbonyl (C=O) groups excluding carboxylic acids is 2. The molecule has 2 rings (SSSR count). The van der Waals surface area contributed by atoms with Gasteiger partial charge in [0, 0.05) is 22.2 Å². The van der Waals surface area contributed by atoms with E-state index in [1.54, 1.807) is 12.3 Å². The molecule has 1 aromatic carbocycles. The molecule has 0 atom stereocenters. The van der Waals surface area contributed by atoms with Gasteiger partial charge >= 0.3 is 12.1 Å². The van der Waals surface area contributed by atoms with Crippen LogP contribution in [0.1, 0.15) is 27.2 Å². The van der Waals surface area contributed by atoms with Crippen LogP contribution in [0.15, 0.2) is 29.3 Å². The fraction of sp³-hybridized carbons (Fsp3) is 0.412. The Balaban J connectivity index is 2.26. The highest BCUT2D eigenvalue weighted by molar-refractivity contribution is 7.99. The van der Waals surface area contributed by atoms with Crippen LogP contribution in [-0.4, -0.2) is 35.1 Å². The lowest BCUT2D eigenvalue weighted by molar-refractivity contribution is -0.140. The molecule has 0 N–H and O–H groups in total. The fourth-order valence-electron chi connectivity index (χ4n) is 2.08. The van der Waals surface area contributed by atoms with Crippen molar-refractivity contribution in [2.24, 2.45) is 0 Å². The molecule has 1 aromatic heterocycles. The third-order valence-corrected chi connectivity index (χ3v) is 4.41. The molecule has 7 heteroatoms. The Morgan fingerprint density at radius 2 is 2.00 bits per heavy atom. The molecule has 0 saturated carbocycles. The molecule has 0 fully saturated rings. The number of rotatable bonds is 4. The number of fused-ring (bicyclic) bond motifs is 1. The Bertz CT molecular complexity index is 764. The Morgan fingerprint density at radius 1 is 1.29 bits per heavy atom. The van der Waals surface area contributed by atoms with Gasteiger partial charge in [-0.05, 0) is 39.0 Å². The number of carbonyl (C=O) groups is 2. The maximum atomic E-state index is 12.3. The van der Waals surface area contributed by atoms with Crippen molar-refractivity contribution in [2.75, 3.05) is 12.9 Å². The van der Waals surface area contributed by atoms with Crippen molar-refractivity contribution in [1.29, 1.82) is 0 Å². The fourth-order valence-corrected chi connectivity index (χ4v) is 3.32. The molecular formula is C17H20ClNO4S. The Labute approximate surface area is 150 Å². The van der Waals surface area contributed by atoms with Crippen molar-refractivity contribution in [3.05, 3.63) is 29.4 Å². The van der Waals surface area contributed by atoms with Gasteiger partial charge in [-0.25, -0.2) is 4.79 Å². The van der Waals surface area contributed by atoms with Gasteiger partial charge in [-0.1, -0.05) is 11.6 Å². The molecule has 0 radical (unpaired) electrons. The van der Waals surface area contributed by atoms with Crippen LogP contribution in [0.25, 0.3) is 10.9 Å². The van der Waals surface area contributed by atoms with Crippen LogP contribution in [0.5, 0.6) is 0 Å². The van der Waals surface area contributed by atoms with Gasteiger partial charge in [0.15, 0.2) is 0 Å². The molecule has 0 aliphatic rings. The van der Waals surface area contributed by atoms with Crippen molar-refractivity contribution in [3.8, 4) is 0 Å². The summed E-state index contributed by atoms with van der Waals surface area (Å²) in [4.78, 5) is 24.4. The molecule has 0 aliphatic heterocycles. The molecule has 0 unspecified atom stereocenters. The number of nitrogens with zero attached hydrogens (tertiary/aromatic N) is 1. The monoisotopic (exact) mass is 369 g/mol. The number of ether oxygens (including phenoxy) is 2. The van der Waals surface area contributed by atoms with E-state index >= 15 is 0 Å². The van der Waals surface area contributed by atoms with Gasteiger partial charge in [0.25, 0.3) is 0 Å². The predicted octanol–water partition coefficient (Wildman–Crippen LogP) is 4.73. The van der Waals surface area contributed by atoms with Crippen molar-refractivity contribution >= 4 is 46.3 Å². The van der Waals surface area contributed by atoms with Gasteiger partial charge in [-0.2, -0.15) is 0 Å². The largest absolute Gasteiger partial charge is 0.469 e. The molecule has 0 spiro atoms. The second-order valence-electron chi connectivity index (χ2n) is 6.18. The molecule has 0 bridgehead atoms. The van der Waals surface area contributed by atoms with E-state index in [9.17, 15) is 9.59 Å². The smallest absolute Gasteiger partial charge is 0.418 e. The van der Waals surface area contributed by atoms with E-state index in [0.717, 1.165) is 10.3 Å². The number of hydrogen-bond donors (Lipinski definition) is 0. The summed E-state index contributed by atoms with van der Waals surface area (Å²) < 4.78 is 11.5. The lowest BCUT2D eigenvalue weighted by Crippen LogP contribution is -2.26. The molecule has 130 valence electrons. The van der Waals surface area contributed by atoms with Crippen molar-refractivity contribution in [3.63, 3.8) is 0 Å². The minimum atomic E-state index is -0.579. The normalized spacial score (nSPS) is 11.5. The highest BCUT2D eigenvalue weighted by Crippen LogP contribution is 2.31. The van der Waals surface area contributed by atoms with Crippen LogP contribution in [0, 0.1) is 0 Å². The van der Waals surface area contributed by atoms with Crippen LogP contribution < -0.4 is 0 Å². The van der Waals surface area contributed by atoms with Crippen molar-refractivity contribution in [2.45, 2.75) is 37.7 Å². The Hall–Kier alpha value is -1.66. The first-order valence-corrected chi connectivity index (χ1v) is 8.81. The van der Waals surface area contributed by atoms with Crippen LogP contribution >= 0.6 is 23.4 Å². The summed E-state index contributed by atoms with van der Waals surface area (Å²) in [7, 11) is 1.36. The van der Waals surface area contributed by atoms with E-state index in [4.69, 9.17) is 16.3 Å². The van der Waals surface area contributed by atoms with E-state index in [2.05, 4.69) is 4.74 Å². The number of aromatic nitrogens is 1. The Morgan fingerprint density at radius 3 is 2.62 bits per heavy atom. The zero-order valence-corrected chi connectivity index (χ0v) is 15.7. The second kappa shape index (κ2) is 7.49. The van der Waals surface area contributed by atoms with E-state index in [1.807, 2.05) is 32.9 Å². The molecule has 2 aromatic rings. The number of benzene rings is 1. The van der Waals surface area contributed by atoms with Crippen LogP contribution in [-0.2, 0) is 14.3 Å². The maximum absolute atomic E-state index is 12.3. The number of thioether (sulfide) groups is 1. The quantitative estimate of drug-likeness (QED) is 0.575. The minimum absolute atomic E-state index is 0.258. The zero-order chi connectivity index (χ0) is 17.9. The Kier molecular flexibility index (Phi) is 5.83. The topological polar surface area (TPSA) is 57.5 Å². The van der Waals surface area contributed by atoms with Crippen molar-refractivity contribution in [1.82, 2.24) is 4.57 Å². The van der Waals surface area contributed by atoms with Crippen molar-refractivity contribution < 1.29 is 19.1 Å². The molecule has 1 heterocycles. The minimum Gasteiger partial charge on any atom is -0.469 e. The highest BCUT2D eigenvalue weighted by Gasteiger charge is 2.20.